The summed E-state index contributed by atoms with van der Waals surface area (Å²) in [6.07, 6.45) is -2.08. The van der Waals surface area contributed by atoms with Crippen molar-refractivity contribution in [2.75, 3.05) is 4.90 Å². The van der Waals surface area contributed by atoms with E-state index in [1.807, 2.05) is 0 Å². The number of anilines is 2. The van der Waals surface area contributed by atoms with Gasteiger partial charge in [-0.1, -0.05) is 52.7 Å². The molecule has 5 nitrogen and oxygen atoms in total. The third-order valence-corrected chi connectivity index (χ3v) is 6.33. The van der Waals surface area contributed by atoms with Crippen LogP contribution < -0.4 is 9.64 Å². The lowest BCUT2D eigenvalue weighted by Crippen LogP contribution is -2.23. The summed E-state index contributed by atoms with van der Waals surface area (Å²) in [5.41, 5.74) is 0.866. The predicted molar refractivity (Wildman–Crippen MR) is 122 cm³/mol. The van der Waals surface area contributed by atoms with Gasteiger partial charge in [0.15, 0.2) is 11.6 Å². The zero-order valence-electron chi connectivity index (χ0n) is 16.4. The van der Waals surface area contributed by atoms with E-state index in [1.54, 1.807) is 37.3 Å². The first kappa shape index (κ1) is 22.3. The highest BCUT2D eigenvalue weighted by molar-refractivity contribution is 7.22. The topological polar surface area (TPSA) is 62.7 Å². The number of thiazole rings is 1. The fraction of sp³-hybridized carbons (Fsp3) is 0.0909. The Morgan fingerprint density at radius 1 is 1.12 bits per heavy atom. The van der Waals surface area contributed by atoms with Crippen LogP contribution in [0.2, 0.25) is 10.0 Å². The number of hydrogen-bond donors (Lipinski definition) is 1. The van der Waals surface area contributed by atoms with Crippen LogP contribution in [0.1, 0.15) is 18.6 Å². The average Bonchev–Trinajstić information content (AvgIpc) is 3.13. The molecule has 0 aliphatic heterocycles. The number of para-hydroxylation sites is 1. The molecule has 0 saturated heterocycles. The van der Waals surface area contributed by atoms with Crippen LogP contribution in [0.25, 0.3) is 10.2 Å². The number of benzene rings is 3. The minimum absolute atomic E-state index is 0.127. The Kier molecular flexibility index (Phi) is 6.19. The van der Waals surface area contributed by atoms with Crippen molar-refractivity contribution in [1.82, 2.24) is 4.98 Å². The molecule has 1 N–H and O–H groups in total. The highest BCUT2D eigenvalue weighted by atomic mass is 35.5. The first-order chi connectivity index (χ1) is 15.3. The molecular weight excluding hydrogens is 481 g/mol. The second kappa shape index (κ2) is 8.90. The van der Waals surface area contributed by atoms with Gasteiger partial charge in [0.1, 0.15) is 11.9 Å². The Bertz CT molecular complexity index is 1320. The van der Waals surface area contributed by atoms with Gasteiger partial charge in [-0.15, -0.1) is 0 Å². The largest absolute Gasteiger partial charge is 0.483 e. The first-order valence-corrected chi connectivity index (χ1v) is 10.8. The van der Waals surface area contributed by atoms with Crippen LogP contribution in [0.3, 0.4) is 0 Å². The number of carbonyl (C=O) groups is 1. The lowest BCUT2D eigenvalue weighted by molar-refractivity contribution is 0.205. The number of ether oxygens (including phenoxy) is 1. The number of rotatable bonds is 5. The lowest BCUT2D eigenvalue weighted by Gasteiger charge is -2.18. The third kappa shape index (κ3) is 4.21. The molecule has 0 spiro atoms. The summed E-state index contributed by atoms with van der Waals surface area (Å²) >= 11 is 13.2. The molecule has 0 aliphatic carbocycles. The standard InChI is InChI=1S/C22H14Cl2F2N2O3S/c1-11(19-13(23)7-8-14(25)20(19)24)31-17-10-18-16(9-15(17)26)27-21(32-18)28(22(29)30)12-5-3-2-4-6-12/h2-11H,1H3,(H,29,30). The molecule has 0 aliphatic rings. The number of hydrogen-bond acceptors (Lipinski definition) is 4. The summed E-state index contributed by atoms with van der Waals surface area (Å²) in [4.78, 5) is 17.1. The maximum absolute atomic E-state index is 14.7. The maximum atomic E-state index is 14.7. The fourth-order valence-electron chi connectivity index (χ4n) is 3.15. The summed E-state index contributed by atoms with van der Waals surface area (Å²) in [6, 6.07) is 13.5. The lowest BCUT2D eigenvalue weighted by atomic mass is 10.1. The van der Waals surface area contributed by atoms with Gasteiger partial charge in [0.2, 0.25) is 5.13 Å². The molecule has 0 bridgehead atoms. The summed E-state index contributed by atoms with van der Waals surface area (Å²) in [5, 5.41) is 9.81. The molecular formula is C22H14Cl2F2N2O3S. The van der Waals surface area contributed by atoms with E-state index >= 15 is 0 Å². The highest BCUT2D eigenvalue weighted by Gasteiger charge is 2.23. The van der Waals surface area contributed by atoms with Crippen LogP contribution in [0.15, 0.2) is 54.6 Å². The van der Waals surface area contributed by atoms with Crippen molar-refractivity contribution in [1.29, 1.82) is 0 Å². The Morgan fingerprint density at radius 2 is 1.84 bits per heavy atom. The number of nitrogens with zero attached hydrogens (tertiary/aromatic N) is 2. The van der Waals surface area contributed by atoms with Crippen molar-refractivity contribution in [2.24, 2.45) is 0 Å². The van der Waals surface area contributed by atoms with Crippen molar-refractivity contribution in [2.45, 2.75) is 13.0 Å². The smallest absolute Gasteiger partial charge is 0.418 e. The van der Waals surface area contributed by atoms with Crippen molar-refractivity contribution >= 4 is 61.7 Å². The summed E-state index contributed by atoms with van der Waals surface area (Å²) in [6.45, 7) is 1.57. The first-order valence-electron chi connectivity index (χ1n) is 9.24. The molecule has 1 amide bonds. The van der Waals surface area contributed by atoms with E-state index < -0.39 is 23.8 Å². The number of halogens is 4. The maximum Gasteiger partial charge on any atom is 0.418 e. The molecule has 1 atom stereocenters. The quantitative estimate of drug-likeness (QED) is 0.287. The van der Waals surface area contributed by atoms with Gasteiger partial charge in [0, 0.05) is 22.7 Å². The van der Waals surface area contributed by atoms with Gasteiger partial charge in [-0.25, -0.2) is 23.5 Å². The molecule has 1 aromatic heterocycles. The van der Waals surface area contributed by atoms with Crippen molar-refractivity contribution in [3.8, 4) is 5.75 Å². The van der Waals surface area contributed by atoms with Crippen LogP contribution in [0.5, 0.6) is 5.75 Å². The molecule has 3 aromatic carbocycles. The normalized spacial score (nSPS) is 12.0. The van der Waals surface area contributed by atoms with E-state index in [0.29, 0.717) is 10.4 Å². The van der Waals surface area contributed by atoms with Crippen LogP contribution in [-0.2, 0) is 0 Å². The van der Waals surface area contributed by atoms with Gasteiger partial charge >= 0.3 is 6.09 Å². The molecule has 0 fully saturated rings. The van der Waals surface area contributed by atoms with Crippen molar-refractivity contribution in [3.63, 3.8) is 0 Å². The number of carboxylic acid groups (broad SMARTS) is 1. The highest BCUT2D eigenvalue weighted by Crippen LogP contribution is 2.39. The van der Waals surface area contributed by atoms with Gasteiger partial charge in [-0.2, -0.15) is 0 Å². The van der Waals surface area contributed by atoms with E-state index in [0.717, 1.165) is 28.4 Å². The van der Waals surface area contributed by atoms with E-state index in [1.165, 1.54) is 12.1 Å². The van der Waals surface area contributed by atoms with Gasteiger partial charge in [0.05, 0.1) is 20.9 Å². The second-order valence-corrected chi connectivity index (χ2v) is 8.51. The predicted octanol–water partition coefficient (Wildman–Crippen LogP) is 7.84. The third-order valence-electron chi connectivity index (χ3n) is 4.62. The Balaban J connectivity index is 1.70. The minimum Gasteiger partial charge on any atom is -0.483 e. The van der Waals surface area contributed by atoms with Crippen molar-refractivity contribution in [3.05, 3.63) is 81.8 Å². The molecule has 4 aromatic rings. The average molecular weight is 495 g/mol. The Morgan fingerprint density at radius 3 is 2.53 bits per heavy atom. The summed E-state index contributed by atoms with van der Waals surface area (Å²) in [5.74, 6) is -1.51. The molecule has 1 unspecified atom stereocenters. The molecule has 164 valence electrons. The monoisotopic (exact) mass is 494 g/mol. The molecule has 0 radical (unpaired) electrons. The zero-order chi connectivity index (χ0) is 23.0. The Hall–Kier alpha value is -2.94. The van der Waals surface area contributed by atoms with Crippen LogP contribution in [0.4, 0.5) is 24.4 Å². The zero-order valence-corrected chi connectivity index (χ0v) is 18.7. The van der Waals surface area contributed by atoms with Crippen molar-refractivity contribution < 1.29 is 23.4 Å². The molecule has 0 saturated carbocycles. The molecule has 1 heterocycles. The minimum atomic E-state index is -1.23. The van der Waals surface area contributed by atoms with Crippen LogP contribution in [-0.4, -0.2) is 16.2 Å². The molecule has 4 rings (SSSR count). The second-order valence-electron chi connectivity index (χ2n) is 6.72. The molecule has 32 heavy (non-hydrogen) atoms. The number of amides is 1. The van der Waals surface area contributed by atoms with Gasteiger partial charge in [-0.3, -0.25) is 0 Å². The van der Waals surface area contributed by atoms with E-state index in [2.05, 4.69) is 4.98 Å². The van der Waals surface area contributed by atoms with Crippen LogP contribution in [0, 0.1) is 11.6 Å². The van der Waals surface area contributed by atoms with Gasteiger partial charge in [-0.05, 0) is 31.2 Å². The SMILES string of the molecule is CC(Oc1cc2sc(N(C(=O)O)c3ccccc3)nc2cc1F)c1c(Cl)ccc(F)c1Cl. The number of fused-ring (bicyclic) bond motifs is 1. The summed E-state index contributed by atoms with van der Waals surface area (Å²) < 4.78 is 34.8. The van der Waals surface area contributed by atoms with Gasteiger partial charge < -0.3 is 9.84 Å². The van der Waals surface area contributed by atoms with Gasteiger partial charge in [0.25, 0.3) is 0 Å². The number of aromatic nitrogens is 1. The Labute approximate surface area is 195 Å². The van der Waals surface area contributed by atoms with Crippen LogP contribution >= 0.6 is 34.5 Å². The van der Waals surface area contributed by atoms with E-state index in [9.17, 15) is 18.7 Å². The molecule has 10 heteroatoms. The fourth-order valence-corrected chi connectivity index (χ4v) is 4.82. The summed E-state index contributed by atoms with van der Waals surface area (Å²) in [7, 11) is 0. The van der Waals surface area contributed by atoms with E-state index in [4.69, 9.17) is 27.9 Å². The van der Waals surface area contributed by atoms with E-state index in [-0.39, 0.29) is 32.0 Å².